The normalized spacial score (nSPS) is 10.6. The van der Waals surface area contributed by atoms with Crippen LogP contribution in [-0.2, 0) is 7.05 Å². The molecule has 0 saturated carbocycles. The zero-order chi connectivity index (χ0) is 15.0. The van der Waals surface area contributed by atoms with Crippen LogP contribution in [0.1, 0.15) is 16.1 Å². The van der Waals surface area contributed by atoms with Crippen LogP contribution in [0, 0.1) is 6.92 Å². The summed E-state index contributed by atoms with van der Waals surface area (Å²) in [4.78, 5) is 35.1. The Labute approximate surface area is 118 Å². The minimum atomic E-state index is -1.23. The Kier molecular flexibility index (Phi) is 3.50. The van der Waals surface area contributed by atoms with Crippen LogP contribution in [0.2, 0.25) is 5.02 Å². The van der Waals surface area contributed by atoms with E-state index in [1.807, 2.05) is 0 Å². The molecule has 0 aliphatic rings. The van der Waals surface area contributed by atoms with E-state index in [9.17, 15) is 14.4 Å². The zero-order valence-electron chi connectivity index (χ0n) is 10.8. The molecule has 0 amide bonds. The fourth-order valence-electron chi connectivity index (χ4n) is 1.79. The summed E-state index contributed by atoms with van der Waals surface area (Å²) < 4.78 is 2.20. The first-order valence-corrected chi connectivity index (χ1v) is 6.03. The Balaban J connectivity index is 2.80. The highest BCUT2D eigenvalue weighted by Crippen LogP contribution is 2.18. The number of carbonyl (C=O) groups is 1. The van der Waals surface area contributed by atoms with Crippen molar-refractivity contribution >= 4 is 17.6 Å². The van der Waals surface area contributed by atoms with E-state index in [1.54, 1.807) is 6.92 Å². The highest BCUT2D eigenvalue weighted by molar-refractivity contribution is 6.33. The van der Waals surface area contributed by atoms with Gasteiger partial charge in [-0.25, -0.2) is 14.2 Å². The molecule has 0 spiro atoms. The first-order chi connectivity index (χ1) is 9.32. The molecule has 0 aliphatic carbocycles. The number of carboxylic acids is 1. The molecule has 6 nitrogen and oxygen atoms in total. The van der Waals surface area contributed by atoms with Crippen molar-refractivity contribution in [1.29, 1.82) is 0 Å². The maximum atomic E-state index is 12.1. The number of halogens is 1. The lowest BCUT2D eigenvalue weighted by molar-refractivity contribution is 0.0697. The third-order valence-corrected chi connectivity index (χ3v) is 3.33. The molecule has 104 valence electrons. The lowest BCUT2D eigenvalue weighted by atomic mass is 10.2. The van der Waals surface area contributed by atoms with Gasteiger partial charge in [0, 0.05) is 18.8 Å². The van der Waals surface area contributed by atoms with Crippen LogP contribution in [0.15, 0.2) is 33.9 Å². The number of hydrogen-bond acceptors (Lipinski definition) is 3. The van der Waals surface area contributed by atoms with E-state index in [1.165, 1.54) is 35.9 Å². The van der Waals surface area contributed by atoms with Crippen molar-refractivity contribution in [2.24, 2.45) is 7.05 Å². The molecule has 1 aromatic heterocycles. The molecule has 1 heterocycles. The van der Waals surface area contributed by atoms with E-state index in [0.29, 0.717) is 5.69 Å². The van der Waals surface area contributed by atoms with Gasteiger partial charge in [-0.1, -0.05) is 11.6 Å². The van der Waals surface area contributed by atoms with Gasteiger partial charge in [0.2, 0.25) is 0 Å². The highest BCUT2D eigenvalue weighted by Gasteiger charge is 2.13. The van der Waals surface area contributed by atoms with Gasteiger partial charge in [0.05, 0.1) is 16.3 Å². The van der Waals surface area contributed by atoms with Crippen molar-refractivity contribution in [1.82, 2.24) is 9.13 Å². The Bertz CT molecular complexity index is 820. The number of rotatable bonds is 2. The van der Waals surface area contributed by atoms with Crippen LogP contribution in [0.3, 0.4) is 0 Å². The predicted octanol–water partition coefficient (Wildman–Crippen LogP) is 1.20. The van der Waals surface area contributed by atoms with Crippen LogP contribution >= 0.6 is 11.6 Å². The van der Waals surface area contributed by atoms with E-state index < -0.39 is 17.2 Å². The lowest BCUT2D eigenvalue weighted by Crippen LogP contribution is -2.38. The Morgan fingerprint density at radius 1 is 1.25 bits per heavy atom. The first kappa shape index (κ1) is 14.1. The van der Waals surface area contributed by atoms with Crippen LogP contribution in [-0.4, -0.2) is 20.2 Å². The molecule has 2 aromatic rings. The summed E-state index contributed by atoms with van der Waals surface area (Å²) in [5.74, 6) is -1.23. The molecule has 0 saturated heterocycles. The number of benzene rings is 1. The third-order valence-electron chi connectivity index (χ3n) is 3.00. The summed E-state index contributed by atoms with van der Waals surface area (Å²) in [7, 11) is 1.53. The SMILES string of the molecule is Cc1cc(=O)n(-c2ccc(Cl)c(C(=O)O)c2)c(=O)n1C. The maximum Gasteiger partial charge on any atom is 0.337 e. The van der Waals surface area contributed by atoms with Gasteiger partial charge in [0.25, 0.3) is 5.56 Å². The van der Waals surface area contributed by atoms with Gasteiger partial charge >= 0.3 is 11.7 Å². The van der Waals surface area contributed by atoms with Crippen molar-refractivity contribution in [2.75, 3.05) is 0 Å². The molecule has 20 heavy (non-hydrogen) atoms. The molecule has 0 bridgehead atoms. The smallest absolute Gasteiger partial charge is 0.337 e. The topological polar surface area (TPSA) is 81.3 Å². The predicted molar refractivity (Wildman–Crippen MR) is 74.0 cm³/mol. The van der Waals surface area contributed by atoms with Gasteiger partial charge in [-0.05, 0) is 25.1 Å². The summed E-state index contributed by atoms with van der Waals surface area (Å²) in [5.41, 5.74) is -0.558. The molecule has 0 aliphatic heterocycles. The maximum absolute atomic E-state index is 12.1. The van der Waals surface area contributed by atoms with Crippen molar-refractivity contribution in [2.45, 2.75) is 6.92 Å². The second kappa shape index (κ2) is 4.97. The van der Waals surface area contributed by atoms with Gasteiger partial charge in [0.1, 0.15) is 0 Å². The van der Waals surface area contributed by atoms with Crippen LogP contribution in [0.4, 0.5) is 0 Å². The standard InChI is InChI=1S/C13H11ClN2O4/c1-7-5-11(17)16(13(20)15(7)2)8-3-4-10(14)9(6-8)12(18)19/h3-6H,1-2H3,(H,18,19). The lowest BCUT2D eigenvalue weighted by Gasteiger charge is -2.10. The zero-order valence-corrected chi connectivity index (χ0v) is 11.5. The van der Waals surface area contributed by atoms with Crippen LogP contribution in [0.25, 0.3) is 5.69 Å². The summed E-state index contributed by atoms with van der Waals surface area (Å²) in [6.45, 7) is 1.64. The first-order valence-electron chi connectivity index (χ1n) is 5.66. The van der Waals surface area contributed by atoms with Gasteiger partial charge in [-0.2, -0.15) is 0 Å². The number of carboxylic acid groups (broad SMARTS) is 1. The fourth-order valence-corrected chi connectivity index (χ4v) is 1.99. The molecule has 7 heteroatoms. The second-order valence-corrected chi connectivity index (χ2v) is 4.68. The monoisotopic (exact) mass is 294 g/mol. The van der Waals surface area contributed by atoms with Crippen molar-refractivity contribution < 1.29 is 9.90 Å². The summed E-state index contributed by atoms with van der Waals surface area (Å²) in [6.07, 6.45) is 0. The number of nitrogens with zero attached hydrogens (tertiary/aromatic N) is 2. The average Bonchev–Trinajstić information content (AvgIpc) is 2.37. The molecule has 0 atom stereocenters. The van der Waals surface area contributed by atoms with Gasteiger partial charge in [-0.15, -0.1) is 0 Å². The molecular formula is C13H11ClN2O4. The average molecular weight is 295 g/mol. The third kappa shape index (κ3) is 2.25. The molecule has 0 unspecified atom stereocenters. The number of aromatic carboxylic acids is 1. The molecule has 0 radical (unpaired) electrons. The van der Waals surface area contributed by atoms with E-state index in [2.05, 4.69) is 0 Å². The number of aromatic nitrogens is 2. The molecule has 0 fully saturated rings. The van der Waals surface area contributed by atoms with Crippen molar-refractivity contribution in [3.05, 3.63) is 61.4 Å². The van der Waals surface area contributed by atoms with Gasteiger partial charge in [0.15, 0.2) is 0 Å². The van der Waals surface area contributed by atoms with E-state index in [0.717, 1.165) is 4.57 Å². The summed E-state index contributed by atoms with van der Waals surface area (Å²) in [6, 6.07) is 5.26. The van der Waals surface area contributed by atoms with Crippen molar-refractivity contribution in [3.8, 4) is 5.69 Å². The highest BCUT2D eigenvalue weighted by atomic mass is 35.5. The van der Waals surface area contributed by atoms with Crippen molar-refractivity contribution in [3.63, 3.8) is 0 Å². The Morgan fingerprint density at radius 3 is 2.50 bits per heavy atom. The Morgan fingerprint density at radius 2 is 1.90 bits per heavy atom. The quantitative estimate of drug-likeness (QED) is 0.902. The second-order valence-electron chi connectivity index (χ2n) is 4.27. The number of hydrogen-bond donors (Lipinski definition) is 1. The summed E-state index contributed by atoms with van der Waals surface area (Å²) in [5, 5.41) is 9.06. The van der Waals surface area contributed by atoms with E-state index >= 15 is 0 Å². The molecule has 1 aromatic carbocycles. The number of aryl methyl sites for hydroxylation is 1. The van der Waals surface area contributed by atoms with E-state index in [4.69, 9.17) is 16.7 Å². The summed E-state index contributed by atoms with van der Waals surface area (Å²) >= 11 is 5.76. The van der Waals surface area contributed by atoms with Gasteiger partial charge in [-0.3, -0.25) is 4.79 Å². The van der Waals surface area contributed by atoms with Crippen LogP contribution < -0.4 is 11.2 Å². The fraction of sp³-hybridized carbons (Fsp3) is 0.154. The van der Waals surface area contributed by atoms with E-state index in [-0.39, 0.29) is 16.3 Å². The molecular weight excluding hydrogens is 284 g/mol. The van der Waals surface area contributed by atoms with Gasteiger partial charge < -0.3 is 9.67 Å². The van der Waals surface area contributed by atoms with Crippen LogP contribution in [0.5, 0.6) is 0 Å². The minimum Gasteiger partial charge on any atom is -0.478 e. The molecule has 2 rings (SSSR count). The minimum absolute atomic E-state index is 0.0400. The molecule has 1 N–H and O–H groups in total. The largest absolute Gasteiger partial charge is 0.478 e. The Hall–Kier alpha value is -2.34.